The van der Waals surface area contributed by atoms with E-state index in [1.54, 1.807) is 11.3 Å². The van der Waals surface area contributed by atoms with E-state index in [4.69, 9.17) is 5.73 Å². The third-order valence-corrected chi connectivity index (χ3v) is 2.69. The number of hydrogen-bond donors (Lipinski definition) is 1. The van der Waals surface area contributed by atoms with Gasteiger partial charge in [-0.1, -0.05) is 6.07 Å². The SMILES string of the molecule is NCCn1ccnc1-c1cccs1. The Kier molecular flexibility index (Phi) is 2.42. The monoisotopic (exact) mass is 193 g/mol. The number of rotatable bonds is 3. The van der Waals surface area contributed by atoms with E-state index >= 15 is 0 Å². The van der Waals surface area contributed by atoms with Crippen LogP contribution in [-0.2, 0) is 6.54 Å². The minimum absolute atomic E-state index is 0.648. The van der Waals surface area contributed by atoms with E-state index in [1.165, 1.54) is 4.88 Å². The number of nitrogens with two attached hydrogens (primary N) is 1. The minimum Gasteiger partial charge on any atom is -0.329 e. The fraction of sp³-hybridized carbons (Fsp3) is 0.222. The predicted octanol–water partition coefficient (Wildman–Crippen LogP) is 1.57. The van der Waals surface area contributed by atoms with Crippen LogP contribution in [0.1, 0.15) is 0 Å². The van der Waals surface area contributed by atoms with Crippen molar-refractivity contribution in [1.82, 2.24) is 9.55 Å². The first-order chi connectivity index (χ1) is 6.42. The maximum Gasteiger partial charge on any atom is 0.150 e. The average Bonchev–Trinajstić information content (AvgIpc) is 2.71. The second-order valence-corrected chi connectivity index (χ2v) is 3.66. The van der Waals surface area contributed by atoms with Crippen molar-refractivity contribution in [2.24, 2.45) is 5.73 Å². The van der Waals surface area contributed by atoms with Crippen molar-refractivity contribution in [3.05, 3.63) is 29.9 Å². The Morgan fingerprint density at radius 2 is 2.46 bits per heavy atom. The van der Waals surface area contributed by atoms with Crippen LogP contribution in [0.2, 0.25) is 0 Å². The fourth-order valence-corrected chi connectivity index (χ4v) is 2.00. The minimum atomic E-state index is 0.648. The quantitative estimate of drug-likeness (QED) is 0.804. The van der Waals surface area contributed by atoms with Crippen molar-refractivity contribution in [3.63, 3.8) is 0 Å². The molecule has 0 amide bonds. The summed E-state index contributed by atoms with van der Waals surface area (Å²) < 4.78 is 2.08. The molecule has 2 heterocycles. The molecule has 0 aliphatic carbocycles. The first-order valence-electron chi connectivity index (χ1n) is 4.17. The van der Waals surface area contributed by atoms with Gasteiger partial charge in [0.1, 0.15) is 5.82 Å². The number of imidazole rings is 1. The molecule has 68 valence electrons. The van der Waals surface area contributed by atoms with Gasteiger partial charge in [0.25, 0.3) is 0 Å². The van der Waals surface area contributed by atoms with Gasteiger partial charge in [0, 0.05) is 25.5 Å². The first-order valence-corrected chi connectivity index (χ1v) is 5.05. The molecule has 0 aliphatic rings. The van der Waals surface area contributed by atoms with Crippen LogP contribution >= 0.6 is 11.3 Å². The Balaban J connectivity index is 2.35. The lowest BCUT2D eigenvalue weighted by Crippen LogP contribution is -2.09. The highest BCUT2D eigenvalue weighted by molar-refractivity contribution is 7.13. The topological polar surface area (TPSA) is 43.8 Å². The van der Waals surface area contributed by atoms with Crippen molar-refractivity contribution in [1.29, 1.82) is 0 Å². The van der Waals surface area contributed by atoms with Crippen LogP contribution in [0, 0.1) is 0 Å². The van der Waals surface area contributed by atoms with E-state index in [1.807, 2.05) is 18.5 Å². The molecule has 0 atom stereocenters. The van der Waals surface area contributed by atoms with Crippen molar-refractivity contribution >= 4 is 11.3 Å². The molecular weight excluding hydrogens is 182 g/mol. The Morgan fingerprint density at radius 3 is 3.15 bits per heavy atom. The van der Waals surface area contributed by atoms with E-state index in [2.05, 4.69) is 21.0 Å². The highest BCUT2D eigenvalue weighted by atomic mass is 32.1. The summed E-state index contributed by atoms with van der Waals surface area (Å²) in [6, 6.07) is 4.10. The molecule has 2 rings (SSSR count). The van der Waals surface area contributed by atoms with Crippen LogP contribution in [0.3, 0.4) is 0 Å². The van der Waals surface area contributed by atoms with Crippen molar-refractivity contribution in [3.8, 4) is 10.7 Å². The molecule has 0 spiro atoms. The summed E-state index contributed by atoms with van der Waals surface area (Å²) in [5.74, 6) is 1.01. The normalized spacial score (nSPS) is 10.5. The maximum absolute atomic E-state index is 5.50. The number of nitrogens with zero attached hydrogens (tertiary/aromatic N) is 2. The molecule has 0 fully saturated rings. The molecule has 4 heteroatoms. The summed E-state index contributed by atoms with van der Waals surface area (Å²) in [6.45, 7) is 1.47. The third-order valence-electron chi connectivity index (χ3n) is 1.83. The van der Waals surface area contributed by atoms with Crippen LogP contribution in [0.5, 0.6) is 0 Å². The van der Waals surface area contributed by atoms with Crippen LogP contribution in [0.4, 0.5) is 0 Å². The van der Waals surface area contributed by atoms with E-state index in [0.29, 0.717) is 6.54 Å². The predicted molar refractivity (Wildman–Crippen MR) is 54.6 cm³/mol. The standard InChI is InChI=1S/C9H11N3S/c10-3-5-12-6-4-11-9(12)8-2-1-7-13-8/h1-2,4,6-7H,3,5,10H2. The second kappa shape index (κ2) is 3.72. The van der Waals surface area contributed by atoms with E-state index < -0.39 is 0 Å². The zero-order valence-corrected chi connectivity index (χ0v) is 8.00. The van der Waals surface area contributed by atoms with Gasteiger partial charge in [0.2, 0.25) is 0 Å². The van der Waals surface area contributed by atoms with Crippen molar-refractivity contribution in [2.75, 3.05) is 6.54 Å². The molecule has 13 heavy (non-hydrogen) atoms. The molecule has 0 aromatic carbocycles. The molecule has 0 radical (unpaired) electrons. The first kappa shape index (κ1) is 8.47. The van der Waals surface area contributed by atoms with Gasteiger partial charge in [0.15, 0.2) is 0 Å². The smallest absolute Gasteiger partial charge is 0.150 e. The Morgan fingerprint density at radius 1 is 1.54 bits per heavy atom. The van der Waals surface area contributed by atoms with Gasteiger partial charge >= 0.3 is 0 Å². The highest BCUT2D eigenvalue weighted by Gasteiger charge is 2.04. The lowest BCUT2D eigenvalue weighted by Gasteiger charge is -2.02. The third kappa shape index (κ3) is 1.64. The van der Waals surface area contributed by atoms with Gasteiger partial charge in [-0.2, -0.15) is 0 Å². The molecular formula is C9H11N3S. The maximum atomic E-state index is 5.50. The summed E-state index contributed by atoms with van der Waals surface area (Å²) in [7, 11) is 0. The Labute approximate surface area is 80.8 Å². The molecule has 0 aliphatic heterocycles. The lowest BCUT2D eigenvalue weighted by atomic mass is 10.4. The summed E-state index contributed by atoms with van der Waals surface area (Å²) in [5.41, 5.74) is 5.50. The van der Waals surface area contributed by atoms with Crippen LogP contribution in [-0.4, -0.2) is 16.1 Å². The van der Waals surface area contributed by atoms with Gasteiger partial charge in [-0.05, 0) is 11.4 Å². The zero-order chi connectivity index (χ0) is 9.10. The van der Waals surface area contributed by atoms with E-state index in [-0.39, 0.29) is 0 Å². The lowest BCUT2D eigenvalue weighted by molar-refractivity contribution is 0.716. The summed E-state index contributed by atoms with van der Waals surface area (Å²) in [4.78, 5) is 5.49. The van der Waals surface area contributed by atoms with Gasteiger partial charge in [-0.3, -0.25) is 0 Å². The van der Waals surface area contributed by atoms with Gasteiger partial charge in [-0.15, -0.1) is 11.3 Å². The second-order valence-electron chi connectivity index (χ2n) is 2.71. The van der Waals surface area contributed by atoms with Crippen LogP contribution in [0.15, 0.2) is 29.9 Å². The summed E-state index contributed by atoms with van der Waals surface area (Å²) >= 11 is 1.70. The zero-order valence-electron chi connectivity index (χ0n) is 7.18. The molecule has 2 N–H and O–H groups in total. The number of aromatic nitrogens is 2. The molecule has 0 unspecified atom stereocenters. The largest absolute Gasteiger partial charge is 0.329 e. The number of thiophene rings is 1. The molecule has 0 bridgehead atoms. The molecule has 2 aromatic heterocycles. The average molecular weight is 193 g/mol. The van der Waals surface area contributed by atoms with Crippen molar-refractivity contribution in [2.45, 2.75) is 6.54 Å². The Bertz CT molecular complexity index is 364. The van der Waals surface area contributed by atoms with Crippen LogP contribution < -0.4 is 5.73 Å². The van der Waals surface area contributed by atoms with Gasteiger partial charge < -0.3 is 10.3 Å². The molecule has 0 saturated heterocycles. The number of hydrogen-bond acceptors (Lipinski definition) is 3. The fourth-order valence-electron chi connectivity index (χ4n) is 1.26. The van der Waals surface area contributed by atoms with E-state index in [0.717, 1.165) is 12.4 Å². The molecule has 2 aromatic rings. The van der Waals surface area contributed by atoms with Crippen LogP contribution in [0.25, 0.3) is 10.7 Å². The molecule has 0 saturated carbocycles. The van der Waals surface area contributed by atoms with Gasteiger partial charge in [-0.25, -0.2) is 4.98 Å². The van der Waals surface area contributed by atoms with Crippen molar-refractivity contribution < 1.29 is 0 Å². The van der Waals surface area contributed by atoms with E-state index in [9.17, 15) is 0 Å². The highest BCUT2D eigenvalue weighted by Crippen LogP contribution is 2.22. The Hall–Kier alpha value is -1.13. The summed E-state index contributed by atoms with van der Waals surface area (Å²) in [5, 5.41) is 2.05. The van der Waals surface area contributed by atoms with Gasteiger partial charge in [0.05, 0.1) is 4.88 Å². The summed E-state index contributed by atoms with van der Waals surface area (Å²) in [6.07, 6.45) is 3.77. The molecule has 3 nitrogen and oxygen atoms in total.